The normalized spacial score (nSPS) is 18.0. The second-order valence-electron chi connectivity index (χ2n) is 6.68. The first-order valence-electron chi connectivity index (χ1n) is 8.93. The number of aromatic nitrogens is 3. The average molecular weight is 366 g/mol. The van der Waals surface area contributed by atoms with Crippen molar-refractivity contribution in [2.75, 3.05) is 13.2 Å². The molecule has 3 heterocycles. The Morgan fingerprint density at radius 3 is 3.04 bits per heavy atom. The number of carbonyl (C=O) groups is 1. The molecule has 8 heteroatoms. The van der Waals surface area contributed by atoms with Crippen molar-refractivity contribution in [1.29, 1.82) is 0 Å². The summed E-state index contributed by atoms with van der Waals surface area (Å²) >= 11 is 0. The van der Waals surface area contributed by atoms with Gasteiger partial charge in [0.1, 0.15) is 13.2 Å². The fourth-order valence-corrected chi connectivity index (χ4v) is 3.59. The van der Waals surface area contributed by atoms with E-state index in [2.05, 4.69) is 20.5 Å². The number of nitrogens with zero attached hydrogens (tertiary/aromatic N) is 2. The van der Waals surface area contributed by atoms with Crippen LogP contribution in [0.25, 0.3) is 11.3 Å². The first kappa shape index (κ1) is 15.9. The summed E-state index contributed by atoms with van der Waals surface area (Å²) in [4.78, 5) is 16.9. The fraction of sp³-hybridized carbons (Fsp3) is 0.316. The summed E-state index contributed by atoms with van der Waals surface area (Å²) in [5.41, 5.74) is 3.30. The first-order chi connectivity index (χ1) is 13.3. The molecule has 0 saturated heterocycles. The van der Waals surface area contributed by atoms with E-state index in [0.29, 0.717) is 30.5 Å². The van der Waals surface area contributed by atoms with E-state index < -0.39 is 0 Å². The minimum absolute atomic E-state index is 0.0485. The molecule has 2 aliphatic rings. The molecule has 138 valence electrons. The minimum Gasteiger partial charge on any atom is -0.486 e. The van der Waals surface area contributed by atoms with E-state index in [-0.39, 0.29) is 17.6 Å². The van der Waals surface area contributed by atoms with Gasteiger partial charge in [0.2, 0.25) is 0 Å². The van der Waals surface area contributed by atoms with Crippen LogP contribution in [0.4, 0.5) is 0 Å². The zero-order chi connectivity index (χ0) is 18.2. The lowest BCUT2D eigenvalue weighted by Crippen LogP contribution is -2.39. The highest BCUT2D eigenvalue weighted by atomic mass is 16.6. The van der Waals surface area contributed by atoms with Gasteiger partial charge in [-0.15, -0.1) is 0 Å². The summed E-state index contributed by atoms with van der Waals surface area (Å²) in [6.07, 6.45) is 5.60. The minimum atomic E-state index is -0.245. The number of H-pyrrole nitrogens is 1. The van der Waals surface area contributed by atoms with E-state index in [1.807, 2.05) is 24.4 Å². The van der Waals surface area contributed by atoms with Gasteiger partial charge in [-0.25, -0.2) is 4.98 Å². The Kier molecular flexibility index (Phi) is 3.81. The topological polar surface area (TPSA) is 102 Å². The molecule has 8 nitrogen and oxygen atoms in total. The molecular formula is C19H18N4O4. The van der Waals surface area contributed by atoms with Crippen LogP contribution in [0, 0.1) is 0 Å². The van der Waals surface area contributed by atoms with E-state index in [0.717, 1.165) is 36.1 Å². The van der Waals surface area contributed by atoms with Gasteiger partial charge in [-0.3, -0.25) is 9.89 Å². The Labute approximate surface area is 154 Å². The van der Waals surface area contributed by atoms with Crippen molar-refractivity contribution in [1.82, 2.24) is 20.5 Å². The zero-order valence-corrected chi connectivity index (χ0v) is 14.5. The van der Waals surface area contributed by atoms with Crippen LogP contribution in [0.1, 0.15) is 28.2 Å². The summed E-state index contributed by atoms with van der Waals surface area (Å²) < 4.78 is 16.7. The molecular weight excluding hydrogens is 348 g/mol. The van der Waals surface area contributed by atoms with Gasteiger partial charge >= 0.3 is 0 Å². The van der Waals surface area contributed by atoms with Crippen LogP contribution in [-0.4, -0.2) is 40.3 Å². The van der Waals surface area contributed by atoms with Gasteiger partial charge in [0, 0.05) is 17.3 Å². The molecule has 0 radical (unpaired) electrons. The van der Waals surface area contributed by atoms with E-state index in [1.165, 1.54) is 6.39 Å². The summed E-state index contributed by atoms with van der Waals surface area (Å²) in [6, 6.07) is 5.51. The van der Waals surface area contributed by atoms with Crippen molar-refractivity contribution < 1.29 is 18.7 Å². The predicted octanol–water partition coefficient (Wildman–Crippen LogP) is 2.12. The highest BCUT2D eigenvalue weighted by Crippen LogP contribution is 2.35. The van der Waals surface area contributed by atoms with Crippen molar-refractivity contribution in [2.45, 2.75) is 25.3 Å². The molecule has 1 aromatic carbocycles. The number of benzene rings is 1. The lowest BCUT2D eigenvalue weighted by Gasteiger charge is -2.22. The van der Waals surface area contributed by atoms with Gasteiger partial charge in [0.25, 0.3) is 5.91 Å². The Bertz CT molecular complexity index is 993. The quantitative estimate of drug-likeness (QED) is 0.736. The van der Waals surface area contributed by atoms with Crippen LogP contribution in [0.2, 0.25) is 0 Å². The number of carbonyl (C=O) groups excluding carboxylic acids is 1. The highest BCUT2D eigenvalue weighted by molar-refractivity contribution is 5.98. The largest absolute Gasteiger partial charge is 0.486 e. The van der Waals surface area contributed by atoms with Crippen LogP contribution in [-0.2, 0) is 12.8 Å². The number of oxazole rings is 1. The summed E-state index contributed by atoms with van der Waals surface area (Å²) in [7, 11) is 0. The Morgan fingerprint density at radius 2 is 2.11 bits per heavy atom. The van der Waals surface area contributed by atoms with E-state index in [4.69, 9.17) is 13.9 Å². The molecule has 27 heavy (non-hydrogen) atoms. The molecule has 3 aromatic rings. The molecule has 0 bridgehead atoms. The molecule has 1 atom stereocenters. The molecule has 1 amide bonds. The SMILES string of the molecule is O=C(NC1CCc2[nH]ncc2C1)c1ncoc1-c1ccc2c(c1)OCCO2. The van der Waals surface area contributed by atoms with Crippen LogP contribution < -0.4 is 14.8 Å². The van der Waals surface area contributed by atoms with E-state index in [1.54, 1.807) is 0 Å². The molecule has 2 N–H and O–H groups in total. The monoisotopic (exact) mass is 366 g/mol. The lowest BCUT2D eigenvalue weighted by molar-refractivity contribution is 0.0929. The smallest absolute Gasteiger partial charge is 0.274 e. The van der Waals surface area contributed by atoms with Gasteiger partial charge in [-0.1, -0.05) is 0 Å². The Morgan fingerprint density at radius 1 is 1.22 bits per heavy atom. The average Bonchev–Trinajstić information content (AvgIpc) is 3.36. The molecule has 0 fully saturated rings. The third kappa shape index (κ3) is 2.92. The van der Waals surface area contributed by atoms with Crippen molar-refractivity contribution >= 4 is 5.91 Å². The number of rotatable bonds is 3. The molecule has 1 aliphatic heterocycles. The van der Waals surface area contributed by atoms with Gasteiger partial charge in [-0.2, -0.15) is 5.10 Å². The predicted molar refractivity (Wildman–Crippen MR) is 94.8 cm³/mol. The van der Waals surface area contributed by atoms with E-state index >= 15 is 0 Å². The van der Waals surface area contributed by atoms with Crippen molar-refractivity contribution in [3.05, 3.63) is 47.7 Å². The number of fused-ring (bicyclic) bond motifs is 2. The van der Waals surface area contributed by atoms with Gasteiger partial charge < -0.3 is 19.2 Å². The number of aromatic amines is 1. The molecule has 1 aliphatic carbocycles. The van der Waals surface area contributed by atoms with Gasteiger partial charge in [-0.05, 0) is 43.0 Å². The number of aryl methyl sites for hydroxylation is 1. The number of nitrogens with one attached hydrogen (secondary N) is 2. The third-order valence-corrected chi connectivity index (χ3v) is 4.94. The molecule has 2 aromatic heterocycles. The van der Waals surface area contributed by atoms with Crippen molar-refractivity contribution in [3.63, 3.8) is 0 Å². The van der Waals surface area contributed by atoms with E-state index in [9.17, 15) is 4.79 Å². The second-order valence-corrected chi connectivity index (χ2v) is 6.68. The Hall–Kier alpha value is -3.29. The zero-order valence-electron chi connectivity index (χ0n) is 14.5. The van der Waals surface area contributed by atoms with Crippen molar-refractivity contribution in [2.24, 2.45) is 0 Å². The summed E-state index contributed by atoms with van der Waals surface area (Å²) in [5, 5.41) is 10.1. The van der Waals surface area contributed by atoms with Crippen LogP contribution in [0.15, 0.2) is 35.2 Å². The summed E-state index contributed by atoms with van der Waals surface area (Å²) in [6.45, 7) is 1.03. The number of ether oxygens (including phenoxy) is 2. The standard InChI is InChI=1S/C19H18N4O4/c24-19(22-13-2-3-14-12(7-13)9-21-23-14)17-18(27-10-20-17)11-1-4-15-16(8-11)26-6-5-25-15/h1,4,8-10,13H,2-3,5-7H2,(H,21,23)(H,22,24). The highest BCUT2D eigenvalue weighted by Gasteiger charge is 2.25. The summed E-state index contributed by atoms with van der Waals surface area (Å²) in [5.74, 6) is 1.50. The van der Waals surface area contributed by atoms with Crippen molar-refractivity contribution in [3.8, 4) is 22.8 Å². The lowest BCUT2D eigenvalue weighted by atomic mass is 9.93. The maximum absolute atomic E-state index is 12.8. The second kappa shape index (κ2) is 6.46. The van der Waals surface area contributed by atoms with Gasteiger partial charge in [0.05, 0.1) is 6.20 Å². The Balaban J connectivity index is 1.36. The maximum Gasteiger partial charge on any atom is 0.274 e. The first-order valence-corrected chi connectivity index (χ1v) is 8.93. The third-order valence-electron chi connectivity index (χ3n) is 4.94. The molecule has 5 rings (SSSR count). The molecule has 0 spiro atoms. The van der Waals surface area contributed by atoms with Crippen LogP contribution >= 0.6 is 0 Å². The number of hydrogen-bond acceptors (Lipinski definition) is 6. The molecule has 1 unspecified atom stereocenters. The van der Waals surface area contributed by atoms with Crippen LogP contribution in [0.5, 0.6) is 11.5 Å². The van der Waals surface area contributed by atoms with Gasteiger partial charge in [0.15, 0.2) is 29.3 Å². The number of hydrogen-bond donors (Lipinski definition) is 2. The maximum atomic E-state index is 12.8. The molecule has 0 saturated carbocycles. The van der Waals surface area contributed by atoms with Crippen LogP contribution in [0.3, 0.4) is 0 Å². The fourth-order valence-electron chi connectivity index (χ4n) is 3.59. The number of amides is 1.